The van der Waals surface area contributed by atoms with Gasteiger partial charge in [-0.2, -0.15) is 12.6 Å². The van der Waals surface area contributed by atoms with Crippen LogP contribution in [0.2, 0.25) is 0 Å². The van der Waals surface area contributed by atoms with Crippen LogP contribution < -0.4 is 21.7 Å². The second kappa shape index (κ2) is 13.8. The molecular weight excluding hydrogens is 448 g/mol. The number of aromatic amines is 1. The largest absolute Gasteiger partial charge is 0.480 e. The van der Waals surface area contributed by atoms with E-state index in [4.69, 9.17) is 5.73 Å². The zero-order valence-corrected chi connectivity index (χ0v) is 20.4. The summed E-state index contributed by atoms with van der Waals surface area (Å²) in [6.45, 7) is 7.58. The van der Waals surface area contributed by atoms with Gasteiger partial charge in [0, 0.05) is 24.1 Å². The SMILES string of the molecule is CCC(C)C(N)C(=O)NC(CC(C)C)C(=O)NC(Cc1cnc[nH]1)C(=O)NC(CS)C(=O)O. The number of H-pyrrole nitrogens is 1. The van der Waals surface area contributed by atoms with Gasteiger partial charge in [-0.05, 0) is 18.3 Å². The lowest BCUT2D eigenvalue weighted by atomic mass is 9.97. The Balaban J connectivity index is 3.04. The van der Waals surface area contributed by atoms with E-state index in [1.54, 1.807) is 0 Å². The van der Waals surface area contributed by atoms with Crippen molar-refractivity contribution in [1.82, 2.24) is 25.9 Å². The lowest BCUT2D eigenvalue weighted by molar-refractivity contribution is -0.141. The zero-order valence-electron chi connectivity index (χ0n) is 19.5. The Morgan fingerprint density at radius 1 is 1.06 bits per heavy atom. The molecule has 0 saturated heterocycles. The summed E-state index contributed by atoms with van der Waals surface area (Å²) in [5.41, 5.74) is 6.57. The van der Waals surface area contributed by atoms with Crippen LogP contribution in [0.25, 0.3) is 0 Å². The number of nitrogens with one attached hydrogen (secondary N) is 4. The van der Waals surface area contributed by atoms with Crippen LogP contribution >= 0.6 is 12.6 Å². The molecule has 0 spiro atoms. The van der Waals surface area contributed by atoms with E-state index < -0.39 is 47.9 Å². The number of rotatable bonds is 14. The summed E-state index contributed by atoms with van der Waals surface area (Å²) in [5, 5.41) is 16.9. The highest BCUT2D eigenvalue weighted by molar-refractivity contribution is 7.80. The summed E-state index contributed by atoms with van der Waals surface area (Å²) in [6, 6.07) is -4.01. The highest BCUT2D eigenvalue weighted by Gasteiger charge is 2.31. The average Bonchev–Trinajstić information content (AvgIpc) is 3.27. The Morgan fingerprint density at radius 2 is 1.64 bits per heavy atom. The van der Waals surface area contributed by atoms with Gasteiger partial charge in [-0.3, -0.25) is 14.4 Å². The fourth-order valence-corrected chi connectivity index (χ4v) is 3.29. The van der Waals surface area contributed by atoms with Crippen molar-refractivity contribution >= 4 is 36.3 Å². The van der Waals surface area contributed by atoms with E-state index in [9.17, 15) is 24.3 Å². The number of thiol groups is 1. The first kappa shape index (κ1) is 28.4. The van der Waals surface area contributed by atoms with Crippen molar-refractivity contribution in [2.24, 2.45) is 17.6 Å². The quantitative estimate of drug-likeness (QED) is 0.179. The van der Waals surface area contributed by atoms with E-state index >= 15 is 0 Å². The van der Waals surface area contributed by atoms with Gasteiger partial charge >= 0.3 is 5.97 Å². The zero-order chi connectivity index (χ0) is 25.1. The predicted molar refractivity (Wildman–Crippen MR) is 126 cm³/mol. The Kier molecular flexibility index (Phi) is 11.9. The summed E-state index contributed by atoms with van der Waals surface area (Å²) >= 11 is 3.95. The van der Waals surface area contributed by atoms with Crippen molar-refractivity contribution in [2.75, 3.05) is 5.75 Å². The smallest absolute Gasteiger partial charge is 0.327 e. The molecule has 33 heavy (non-hydrogen) atoms. The monoisotopic (exact) mass is 484 g/mol. The molecule has 12 heteroatoms. The molecule has 0 bridgehead atoms. The number of carbonyl (C=O) groups is 4. The number of hydrogen-bond donors (Lipinski definition) is 7. The molecule has 3 amide bonds. The van der Waals surface area contributed by atoms with Crippen LogP contribution in [0, 0.1) is 11.8 Å². The maximum Gasteiger partial charge on any atom is 0.327 e. The van der Waals surface area contributed by atoms with E-state index in [2.05, 4.69) is 38.5 Å². The Bertz CT molecular complexity index is 788. The van der Waals surface area contributed by atoms with Gasteiger partial charge in [0.25, 0.3) is 0 Å². The van der Waals surface area contributed by atoms with E-state index in [1.807, 2.05) is 27.7 Å². The lowest BCUT2D eigenvalue weighted by Crippen LogP contribution is -2.58. The molecule has 0 aliphatic carbocycles. The third-order valence-corrected chi connectivity index (χ3v) is 5.67. The van der Waals surface area contributed by atoms with E-state index in [1.165, 1.54) is 12.5 Å². The van der Waals surface area contributed by atoms with Gasteiger partial charge in [0.1, 0.15) is 18.1 Å². The van der Waals surface area contributed by atoms with Crippen LogP contribution in [0.15, 0.2) is 12.5 Å². The number of imidazole rings is 1. The van der Waals surface area contributed by atoms with Crippen LogP contribution in [0.1, 0.15) is 46.2 Å². The minimum atomic E-state index is -1.24. The Morgan fingerprint density at radius 3 is 2.12 bits per heavy atom. The van der Waals surface area contributed by atoms with Crippen molar-refractivity contribution in [3.8, 4) is 0 Å². The molecule has 1 aromatic heterocycles. The maximum absolute atomic E-state index is 13.1. The molecule has 5 atom stereocenters. The van der Waals surface area contributed by atoms with E-state index in [0.717, 1.165) is 0 Å². The number of aromatic nitrogens is 2. The van der Waals surface area contributed by atoms with Crippen LogP contribution in [-0.2, 0) is 25.6 Å². The minimum absolute atomic E-state index is 0.0468. The van der Waals surface area contributed by atoms with Crippen LogP contribution in [0.3, 0.4) is 0 Å². The number of carboxylic acids is 1. The molecule has 7 N–H and O–H groups in total. The molecule has 0 fully saturated rings. The molecule has 0 aliphatic heterocycles. The number of nitrogens with two attached hydrogens (primary N) is 1. The van der Waals surface area contributed by atoms with Crippen molar-refractivity contribution in [3.05, 3.63) is 18.2 Å². The number of nitrogens with zero attached hydrogens (tertiary/aromatic N) is 1. The topological polar surface area (TPSA) is 179 Å². The van der Waals surface area contributed by atoms with Crippen molar-refractivity contribution in [2.45, 2.75) is 71.1 Å². The fraction of sp³-hybridized carbons (Fsp3) is 0.667. The minimum Gasteiger partial charge on any atom is -0.480 e. The van der Waals surface area contributed by atoms with Crippen molar-refractivity contribution < 1.29 is 24.3 Å². The molecule has 1 heterocycles. The predicted octanol–water partition coefficient (Wildman–Crippen LogP) is -0.159. The second-order valence-corrected chi connectivity index (χ2v) is 8.89. The molecule has 186 valence electrons. The van der Waals surface area contributed by atoms with Crippen LogP contribution in [0.4, 0.5) is 0 Å². The van der Waals surface area contributed by atoms with Crippen LogP contribution in [-0.4, -0.2) is 68.7 Å². The van der Waals surface area contributed by atoms with E-state index in [0.29, 0.717) is 18.5 Å². The first-order valence-corrected chi connectivity index (χ1v) is 11.6. The second-order valence-electron chi connectivity index (χ2n) is 8.53. The summed E-state index contributed by atoms with van der Waals surface area (Å²) in [4.78, 5) is 56.6. The number of hydrogen-bond acceptors (Lipinski definition) is 7. The summed E-state index contributed by atoms with van der Waals surface area (Å²) in [6.07, 6.45) is 4.01. The van der Waals surface area contributed by atoms with Gasteiger partial charge in [0.2, 0.25) is 17.7 Å². The number of carboxylic acid groups (broad SMARTS) is 1. The fourth-order valence-electron chi connectivity index (χ4n) is 3.04. The average molecular weight is 485 g/mol. The normalized spacial score (nSPS) is 15.7. The molecular formula is C21H36N6O5S. The summed E-state index contributed by atoms with van der Waals surface area (Å²) < 4.78 is 0. The van der Waals surface area contributed by atoms with Gasteiger partial charge in [0.05, 0.1) is 12.4 Å². The van der Waals surface area contributed by atoms with Gasteiger partial charge in [-0.15, -0.1) is 0 Å². The number of aliphatic carboxylic acids is 1. The van der Waals surface area contributed by atoms with Gasteiger partial charge in [-0.25, -0.2) is 9.78 Å². The molecule has 0 saturated carbocycles. The third-order valence-electron chi connectivity index (χ3n) is 5.31. The maximum atomic E-state index is 13.1. The van der Waals surface area contributed by atoms with E-state index in [-0.39, 0.29) is 24.0 Å². The number of amides is 3. The van der Waals surface area contributed by atoms with Crippen molar-refractivity contribution in [1.29, 1.82) is 0 Å². The Hall–Kier alpha value is -2.60. The van der Waals surface area contributed by atoms with Crippen molar-refractivity contribution in [3.63, 3.8) is 0 Å². The molecule has 1 aromatic rings. The summed E-state index contributed by atoms with van der Waals surface area (Å²) in [7, 11) is 0. The molecule has 5 unspecified atom stereocenters. The lowest BCUT2D eigenvalue weighted by Gasteiger charge is -2.26. The number of carbonyl (C=O) groups excluding carboxylic acids is 3. The summed E-state index contributed by atoms with van der Waals surface area (Å²) in [5.74, 6) is -3.06. The molecule has 1 rings (SSSR count). The van der Waals surface area contributed by atoms with Gasteiger partial charge in [0.15, 0.2) is 0 Å². The third kappa shape index (κ3) is 9.42. The highest BCUT2D eigenvalue weighted by Crippen LogP contribution is 2.10. The highest BCUT2D eigenvalue weighted by atomic mass is 32.1. The van der Waals surface area contributed by atoms with Crippen LogP contribution in [0.5, 0.6) is 0 Å². The first-order chi connectivity index (χ1) is 15.5. The molecule has 0 aliphatic rings. The standard InChI is InChI=1S/C21H36N6O5S/c1-5-12(4)17(22)20(30)26-14(6-11(2)3)18(28)25-15(7-13-8-23-10-24-13)19(29)27-16(9-33)21(31)32/h8,10-12,14-17,33H,5-7,9,22H2,1-4H3,(H,23,24)(H,25,28)(H,26,30)(H,27,29)(H,31,32). The first-order valence-electron chi connectivity index (χ1n) is 11.0. The molecule has 0 aromatic carbocycles. The molecule has 0 radical (unpaired) electrons. The van der Waals surface area contributed by atoms with Gasteiger partial charge in [-0.1, -0.05) is 34.1 Å². The molecule has 11 nitrogen and oxygen atoms in total. The van der Waals surface area contributed by atoms with Gasteiger partial charge < -0.3 is 31.8 Å². The Labute approximate surface area is 199 Å².